The van der Waals surface area contributed by atoms with Crippen LogP contribution in [-0.4, -0.2) is 31.6 Å². The molecule has 2 aromatic carbocycles. The van der Waals surface area contributed by atoms with Gasteiger partial charge in [-0.2, -0.15) is 0 Å². The number of carbonyl (C=O) groups is 1. The van der Waals surface area contributed by atoms with Gasteiger partial charge in [-0.3, -0.25) is 4.79 Å². The van der Waals surface area contributed by atoms with Gasteiger partial charge in [0.1, 0.15) is 23.5 Å². The Balaban J connectivity index is 0.000000850. The Labute approximate surface area is 219 Å². The summed E-state index contributed by atoms with van der Waals surface area (Å²) in [6.07, 6.45) is 3.34. The van der Waals surface area contributed by atoms with E-state index in [1.807, 2.05) is 45.9 Å². The molecule has 4 nitrogen and oxygen atoms in total. The quantitative estimate of drug-likeness (QED) is 0.357. The summed E-state index contributed by atoms with van der Waals surface area (Å²) in [4.78, 5) is 13.7. The van der Waals surface area contributed by atoms with E-state index in [4.69, 9.17) is 9.47 Å². The average molecular weight is 522 g/mol. The zero-order chi connectivity index (χ0) is 26.7. The molecule has 7 heteroatoms. The molecule has 0 radical (unpaired) electrons. The van der Waals surface area contributed by atoms with Crippen LogP contribution < -0.4 is 9.04 Å². The summed E-state index contributed by atoms with van der Waals surface area (Å²) < 4.78 is 41.2. The molecular formula is C29H41F2NO3S. The third-order valence-electron chi connectivity index (χ3n) is 5.63. The van der Waals surface area contributed by atoms with Gasteiger partial charge in [0.15, 0.2) is 5.78 Å². The van der Waals surface area contributed by atoms with Crippen LogP contribution in [0.25, 0.3) is 0 Å². The first-order chi connectivity index (χ1) is 17.3. The molecule has 36 heavy (non-hydrogen) atoms. The molecule has 4 rings (SSSR count). The number of anilines is 1. The summed E-state index contributed by atoms with van der Waals surface area (Å²) in [5.41, 5.74) is 0.886. The lowest BCUT2D eigenvalue weighted by Gasteiger charge is -2.34. The molecule has 0 N–H and O–H groups in total. The second-order valence-electron chi connectivity index (χ2n) is 9.24. The van der Waals surface area contributed by atoms with Crippen LogP contribution in [0.1, 0.15) is 77.6 Å². The Morgan fingerprint density at radius 3 is 2.33 bits per heavy atom. The van der Waals surface area contributed by atoms with Crippen LogP contribution in [0.3, 0.4) is 0 Å². The zero-order valence-corrected chi connectivity index (χ0v) is 23.3. The highest BCUT2D eigenvalue weighted by molar-refractivity contribution is 8.00. The highest BCUT2D eigenvalue weighted by Gasteiger charge is 2.33. The van der Waals surface area contributed by atoms with E-state index in [9.17, 15) is 13.6 Å². The van der Waals surface area contributed by atoms with E-state index >= 15 is 0 Å². The second-order valence-corrected chi connectivity index (χ2v) is 10.3. The van der Waals surface area contributed by atoms with Crippen molar-refractivity contribution in [3.63, 3.8) is 0 Å². The van der Waals surface area contributed by atoms with E-state index in [1.165, 1.54) is 30.5 Å². The van der Waals surface area contributed by atoms with Crippen LogP contribution in [0, 0.1) is 23.5 Å². The fraction of sp³-hybridized carbons (Fsp3) is 0.552. The molecule has 1 unspecified atom stereocenters. The molecule has 0 aliphatic carbocycles. The average Bonchev–Trinajstić information content (AvgIpc) is 2.86. The third-order valence-corrected chi connectivity index (χ3v) is 6.66. The van der Waals surface area contributed by atoms with Crippen LogP contribution in [0.2, 0.25) is 0 Å². The van der Waals surface area contributed by atoms with Gasteiger partial charge < -0.3 is 13.8 Å². The zero-order valence-electron chi connectivity index (χ0n) is 22.5. The molecule has 2 aliphatic heterocycles. The number of Topliss-reactive ketones (excluding diaryl/α,β-unsaturated/α-hetero) is 1. The van der Waals surface area contributed by atoms with E-state index < -0.39 is 11.6 Å². The fourth-order valence-electron chi connectivity index (χ4n) is 4.06. The minimum atomic E-state index is -0.607. The maximum Gasteiger partial charge on any atom is 0.170 e. The molecule has 2 aliphatic rings. The van der Waals surface area contributed by atoms with Gasteiger partial charge in [-0.05, 0) is 61.0 Å². The lowest BCUT2D eigenvalue weighted by Crippen LogP contribution is -2.36. The van der Waals surface area contributed by atoms with Crippen LogP contribution in [0.4, 0.5) is 14.5 Å². The lowest BCUT2D eigenvalue weighted by molar-refractivity contribution is 0.0119. The number of rotatable bonds is 6. The Bertz CT molecular complexity index is 964. The van der Waals surface area contributed by atoms with Crippen molar-refractivity contribution in [2.45, 2.75) is 78.2 Å². The van der Waals surface area contributed by atoms with Gasteiger partial charge in [0.2, 0.25) is 0 Å². The largest absolute Gasteiger partial charge is 0.489 e. The van der Waals surface area contributed by atoms with Crippen molar-refractivity contribution in [1.82, 2.24) is 0 Å². The topological polar surface area (TPSA) is 38.8 Å². The van der Waals surface area contributed by atoms with E-state index in [1.54, 1.807) is 4.31 Å². The van der Waals surface area contributed by atoms with Gasteiger partial charge in [0.05, 0.1) is 11.3 Å². The molecule has 0 spiro atoms. The van der Waals surface area contributed by atoms with Gasteiger partial charge >= 0.3 is 0 Å². The van der Waals surface area contributed by atoms with Crippen molar-refractivity contribution in [1.29, 1.82) is 0 Å². The van der Waals surface area contributed by atoms with Gasteiger partial charge in [0.25, 0.3) is 0 Å². The Morgan fingerprint density at radius 1 is 1.06 bits per heavy atom. The first kappa shape index (κ1) is 30.1. The lowest BCUT2D eigenvalue weighted by atomic mass is 9.87. The molecule has 1 saturated heterocycles. The smallest absolute Gasteiger partial charge is 0.170 e. The molecule has 0 bridgehead atoms. The number of ketones is 1. The minimum absolute atomic E-state index is 0.0727. The number of benzene rings is 2. The first-order valence-corrected chi connectivity index (χ1v) is 13.9. The molecule has 0 amide bonds. The van der Waals surface area contributed by atoms with Gasteiger partial charge in [-0.25, -0.2) is 8.78 Å². The first-order valence-electron chi connectivity index (χ1n) is 13.1. The summed E-state index contributed by atoms with van der Waals surface area (Å²) in [5.74, 6) is 0.0721. The van der Waals surface area contributed by atoms with Crippen molar-refractivity contribution in [2.24, 2.45) is 11.8 Å². The number of ether oxygens (including phenoxy) is 2. The standard InChI is InChI=1S/C24H27F2NO3S.C3H8.C2H6/c1-15(2)14-27(21-5-3-17(25)11-20(21)26)31-18-4-6-23-19(12-18)22(28)13-24(30-23)16-7-9-29-10-8-16;1-3-2;1-2/h3-6,11-12,15-16,24H,7-10,13-14H2,1-2H3;3H2,1-2H3;1-2H3. The van der Waals surface area contributed by atoms with Crippen molar-refractivity contribution in [3.8, 4) is 5.75 Å². The number of nitrogens with zero attached hydrogens (tertiary/aromatic N) is 1. The number of halogens is 2. The normalized spacial score (nSPS) is 17.2. The summed E-state index contributed by atoms with van der Waals surface area (Å²) >= 11 is 1.34. The van der Waals surface area contributed by atoms with E-state index in [-0.39, 0.29) is 17.8 Å². The Hall–Kier alpha value is -2.12. The molecule has 200 valence electrons. The van der Waals surface area contributed by atoms with E-state index in [0.717, 1.165) is 23.8 Å². The van der Waals surface area contributed by atoms with Gasteiger partial charge in [0, 0.05) is 43.1 Å². The van der Waals surface area contributed by atoms with Crippen molar-refractivity contribution < 1.29 is 23.0 Å². The van der Waals surface area contributed by atoms with Crippen molar-refractivity contribution in [3.05, 3.63) is 53.6 Å². The SMILES string of the molecule is CC.CC(C)CN(Sc1ccc2c(c1)C(=O)CC(C1CCOCC1)O2)c1ccc(F)cc1F.CCC. The fourth-order valence-corrected chi connectivity index (χ4v) is 5.23. The van der Waals surface area contributed by atoms with Crippen LogP contribution in [-0.2, 0) is 4.74 Å². The molecule has 0 aromatic heterocycles. The van der Waals surface area contributed by atoms with Crippen molar-refractivity contribution >= 4 is 23.4 Å². The molecule has 1 atom stereocenters. The predicted octanol–water partition coefficient (Wildman–Crippen LogP) is 8.34. The number of hydrogen-bond acceptors (Lipinski definition) is 5. The molecular weight excluding hydrogens is 480 g/mol. The maximum absolute atomic E-state index is 14.4. The van der Waals surface area contributed by atoms with Crippen LogP contribution in [0.15, 0.2) is 41.3 Å². The molecule has 2 aromatic rings. The number of carbonyl (C=O) groups excluding carboxylic acids is 1. The Kier molecular flexibility index (Phi) is 12.7. The number of hydrogen-bond donors (Lipinski definition) is 0. The second kappa shape index (κ2) is 15.2. The summed E-state index contributed by atoms with van der Waals surface area (Å²) in [6, 6.07) is 9.13. The van der Waals surface area contributed by atoms with Gasteiger partial charge in [-0.1, -0.05) is 48.0 Å². The summed E-state index contributed by atoms with van der Waals surface area (Å²) in [5, 5.41) is 0. The minimum Gasteiger partial charge on any atom is -0.489 e. The van der Waals surface area contributed by atoms with Crippen LogP contribution in [0.5, 0.6) is 5.75 Å². The predicted molar refractivity (Wildman–Crippen MR) is 145 cm³/mol. The third kappa shape index (κ3) is 8.48. The summed E-state index contributed by atoms with van der Waals surface area (Å²) in [7, 11) is 0. The number of fused-ring (bicyclic) bond motifs is 1. The summed E-state index contributed by atoms with van der Waals surface area (Å²) in [6.45, 7) is 14.3. The molecule has 2 heterocycles. The van der Waals surface area contributed by atoms with Gasteiger partial charge in [-0.15, -0.1) is 0 Å². The van der Waals surface area contributed by atoms with Crippen molar-refractivity contribution in [2.75, 3.05) is 24.1 Å². The maximum atomic E-state index is 14.4. The van der Waals surface area contributed by atoms with Crippen LogP contribution >= 0.6 is 11.9 Å². The molecule has 0 saturated carbocycles. The highest BCUT2D eigenvalue weighted by Crippen LogP contribution is 2.38. The Morgan fingerprint density at radius 2 is 1.72 bits per heavy atom. The van der Waals surface area contributed by atoms with E-state index in [2.05, 4.69) is 13.8 Å². The monoisotopic (exact) mass is 521 g/mol. The highest BCUT2D eigenvalue weighted by atomic mass is 32.2. The van der Waals surface area contributed by atoms with E-state index in [0.29, 0.717) is 49.1 Å². The molecule has 1 fully saturated rings.